The van der Waals surface area contributed by atoms with Gasteiger partial charge >= 0.3 is 0 Å². The lowest BCUT2D eigenvalue weighted by atomic mass is 10.2. The third-order valence-corrected chi connectivity index (χ3v) is 3.23. The molecule has 0 saturated carbocycles. The molecule has 2 unspecified atom stereocenters. The number of aliphatic hydroxyl groups is 1. The van der Waals surface area contributed by atoms with Crippen molar-refractivity contribution in [1.29, 1.82) is 5.26 Å². The minimum atomic E-state index is -0.575. The molecule has 5 nitrogen and oxygen atoms in total. The zero-order chi connectivity index (χ0) is 14.4. The molecule has 0 aromatic heterocycles. The van der Waals surface area contributed by atoms with Crippen LogP contribution in [-0.2, 0) is 4.74 Å². The molecule has 0 amide bonds. The number of aliphatic hydroxyl groups excluding tert-OH is 1. The topological polar surface area (TPSA) is 65.7 Å². The molecule has 2 atom stereocenters. The van der Waals surface area contributed by atoms with Gasteiger partial charge in [0.25, 0.3) is 0 Å². The molecule has 1 aliphatic rings. The van der Waals surface area contributed by atoms with Crippen LogP contribution in [0.3, 0.4) is 0 Å². The number of hydrogen-bond acceptors (Lipinski definition) is 5. The van der Waals surface area contributed by atoms with Crippen molar-refractivity contribution in [2.24, 2.45) is 0 Å². The Kier molecular flexibility index (Phi) is 5.36. The van der Waals surface area contributed by atoms with Gasteiger partial charge in [0.15, 0.2) is 6.10 Å². The van der Waals surface area contributed by atoms with Gasteiger partial charge in [-0.05, 0) is 19.1 Å². The minimum Gasteiger partial charge on any atom is -0.491 e. The van der Waals surface area contributed by atoms with E-state index in [1.165, 1.54) is 5.56 Å². The average molecular weight is 276 g/mol. The number of morpholine rings is 1. The van der Waals surface area contributed by atoms with E-state index in [-0.39, 0.29) is 6.61 Å². The summed E-state index contributed by atoms with van der Waals surface area (Å²) in [4.78, 5) is 2.03. The minimum absolute atomic E-state index is 0.248. The summed E-state index contributed by atoms with van der Waals surface area (Å²) in [6.45, 7) is 4.56. The highest BCUT2D eigenvalue weighted by molar-refractivity contribution is 5.26. The Morgan fingerprint density at radius 3 is 2.95 bits per heavy atom. The standard InChI is InChI=1S/C15H20N2O3/c1-12-2-4-14(5-3-12)20-11-13(18)9-17-6-7-19-15(8-16)10-17/h2-5,13,15,18H,6-7,9-11H2,1H3. The van der Waals surface area contributed by atoms with Gasteiger partial charge in [0.05, 0.1) is 12.7 Å². The SMILES string of the molecule is Cc1ccc(OCC(O)CN2CCOC(C#N)C2)cc1. The fraction of sp³-hybridized carbons (Fsp3) is 0.533. The van der Waals surface area contributed by atoms with Crippen molar-refractivity contribution in [2.75, 3.05) is 32.8 Å². The Bertz CT molecular complexity index is 455. The molecule has 0 bridgehead atoms. The van der Waals surface area contributed by atoms with Crippen molar-refractivity contribution in [3.05, 3.63) is 29.8 Å². The van der Waals surface area contributed by atoms with Crippen molar-refractivity contribution in [1.82, 2.24) is 4.90 Å². The van der Waals surface area contributed by atoms with Gasteiger partial charge in [-0.3, -0.25) is 4.90 Å². The fourth-order valence-corrected chi connectivity index (χ4v) is 2.12. The van der Waals surface area contributed by atoms with Crippen LogP contribution >= 0.6 is 0 Å². The first-order valence-electron chi connectivity index (χ1n) is 6.78. The van der Waals surface area contributed by atoms with Crippen LogP contribution in [0.5, 0.6) is 5.75 Å². The maximum Gasteiger partial charge on any atom is 0.156 e. The molecule has 0 spiro atoms. The highest BCUT2D eigenvalue weighted by Gasteiger charge is 2.21. The van der Waals surface area contributed by atoms with Gasteiger partial charge in [-0.25, -0.2) is 0 Å². The van der Waals surface area contributed by atoms with Crippen LogP contribution in [0.2, 0.25) is 0 Å². The lowest BCUT2D eigenvalue weighted by Crippen LogP contribution is -2.46. The maximum absolute atomic E-state index is 9.99. The highest BCUT2D eigenvalue weighted by atomic mass is 16.5. The van der Waals surface area contributed by atoms with E-state index < -0.39 is 12.2 Å². The van der Waals surface area contributed by atoms with E-state index in [1.807, 2.05) is 36.1 Å². The molecule has 1 fully saturated rings. The Morgan fingerprint density at radius 1 is 1.50 bits per heavy atom. The van der Waals surface area contributed by atoms with Crippen molar-refractivity contribution < 1.29 is 14.6 Å². The monoisotopic (exact) mass is 276 g/mol. The lowest BCUT2D eigenvalue weighted by molar-refractivity contribution is -0.0215. The van der Waals surface area contributed by atoms with Gasteiger partial charge in [0.2, 0.25) is 0 Å². The Labute approximate surface area is 119 Å². The largest absolute Gasteiger partial charge is 0.491 e. The first-order chi connectivity index (χ1) is 9.67. The Hall–Kier alpha value is -1.61. The number of ether oxygens (including phenoxy) is 2. The van der Waals surface area contributed by atoms with Crippen molar-refractivity contribution in [3.8, 4) is 11.8 Å². The molecule has 1 heterocycles. The Morgan fingerprint density at radius 2 is 2.25 bits per heavy atom. The molecule has 20 heavy (non-hydrogen) atoms. The van der Waals surface area contributed by atoms with Gasteiger partial charge in [-0.2, -0.15) is 5.26 Å². The van der Waals surface area contributed by atoms with Crippen LogP contribution in [0.4, 0.5) is 0 Å². The summed E-state index contributed by atoms with van der Waals surface area (Å²) < 4.78 is 10.8. The molecule has 0 radical (unpaired) electrons. The van der Waals surface area contributed by atoms with E-state index >= 15 is 0 Å². The number of nitriles is 1. The van der Waals surface area contributed by atoms with E-state index in [2.05, 4.69) is 6.07 Å². The zero-order valence-corrected chi connectivity index (χ0v) is 11.7. The van der Waals surface area contributed by atoms with Crippen molar-refractivity contribution in [3.63, 3.8) is 0 Å². The normalized spacial score (nSPS) is 21.1. The summed E-state index contributed by atoms with van der Waals surface area (Å²) in [5, 5.41) is 18.8. The van der Waals surface area contributed by atoms with E-state index in [0.717, 1.165) is 12.3 Å². The average Bonchev–Trinajstić information content (AvgIpc) is 2.47. The summed E-state index contributed by atoms with van der Waals surface area (Å²) in [5.41, 5.74) is 1.17. The second-order valence-corrected chi connectivity index (χ2v) is 5.03. The van der Waals surface area contributed by atoms with Crippen molar-refractivity contribution in [2.45, 2.75) is 19.1 Å². The van der Waals surface area contributed by atoms with Crippen LogP contribution in [0, 0.1) is 18.3 Å². The van der Waals surface area contributed by atoms with Crippen LogP contribution in [-0.4, -0.2) is 55.1 Å². The molecule has 1 saturated heterocycles. The summed E-state index contributed by atoms with van der Waals surface area (Å²) in [5.74, 6) is 0.756. The maximum atomic E-state index is 9.99. The third kappa shape index (κ3) is 4.49. The summed E-state index contributed by atoms with van der Waals surface area (Å²) >= 11 is 0. The van der Waals surface area contributed by atoms with Gasteiger partial charge in [0, 0.05) is 19.6 Å². The first-order valence-corrected chi connectivity index (χ1v) is 6.78. The second-order valence-electron chi connectivity index (χ2n) is 5.03. The van der Waals surface area contributed by atoms with Crippen LogP contribution in [0.1, 0.15) is 5.56 Å². The quantitative estimate of drug-likeness (QED) is 0.867. The van der Waals surface area contributed by atoms with E-state index in [1.54, 1.807) is 0 Å². The number of benzene rings is 1. The second kappa shape index (κ2) is 7.25. The zero-order valence-electron chi connectivity index (χ0n) is 11.7. The third-order valence-electron chi connectivity index (χ3n) is 3.23. The predicted molar refractivity (Wildman–Crippen MR) is 74.5 cm³/mol. The lowest BCUT2D eigenvalue weighted by Gasteiger charge is -2.31. The number of nitrogens with zero attached hydrogens (tertiary/aromatic N) is 2. The fourth-order valence-electron chi connectivity index (χ4n) is 2.12. The molecular weight excluding hydrogens is 256 g/mol. The smallest absolute Gasteiger partial charge is 0.156 e. The van der Waals surface area contributed by atoms with Gasteiger partial charge < -0.3 is 14.6 Å². The molecule has 1 aromatic carbocycles. The number of rotatable bonds is 5. The molecule has 5 heteroatoms. The van der Waals surface area contributed by atoms with E-state index in [0.29, 0.717) is 19.7 Å². The van der Waals surface area contributed by atoms with E-state index in [9.17, 15) is 5.11 Å². The molecule has 1 aromatic rings. The molecule has 1 aliphatic heterocycles. The summed E-state index contributed by atoms with van der Waals surface area (Å²) in [7, 11) is 0. The van der Waals surface area contributed by atoms with Crippen LogP contribution < -0.4 is 4.74 Å². The summed E-state index contributed by atoms with van der Waals surface area (Å²) in [6, 6.07) is 9.82. The Balaban J connectivity index is 1.73. The van der Waals surface area contributed by atoms with Crippen LogP contribution in [0.15, 0.2) is 24.3 Å². The molecule has 2 rings (SSSR count). The first kappa shape index (κ1) is 14.8. The number of aryl methyl sites for hydroxylation is 1. The molecule has 108 valence electrons. The van der Waals surface area contributed by atoms with Gasteiger partial charge in [-0.15, -0.1) is 0 Å². The number of hydrogen-bond donors (Lipinski definition) is 1. The highest BCUT2D eigenvalue weighted by Crippen LogP contribution is 2.12. The van der Waals surface area contributed by atoms with E-state index in [4.69, 9.17) is 14.7 Å². The molecule has 0 aliphatic carbocycles. The van der Waals surface area contributed by atoms with Gasteiger partial charge in [0.1, 0.15) is 18.5 Å². The van der Waals surface area contributed by atoms with Crippen LogP contribution in [0.25, 0.3) is 0 Å². The predicted octanol–water partition coefficient (Wildman–Crippen LogP) is 0.959. The molecular formula is C15H20N2O3. The van der Waals surface area contributed by atoms with Crippen molar-refractivity contribution >= 4 is 0 Å². The molecule has 1 N–H and O–H groups in total. The van der Waals surface area contributed by atoms with Gasteiger partial charge in [-0.1, -0.05) is 17.7 Å². The summed E-state index contributed by atoms with van der Waals surface area (Å²) in [6.07, 6.45) is -0.970. The number of β-amino-alcohol motifs (C(OH)–C–C–N with tert-alkyl or cyclic N) is 1.